The zero-order valence-electron chi connectivity index (χ0n) is 17.5. The van der Waals surface area contributed by atoms with Crippen LogP contribution in [0.2, 0.25) is 0 Å². The molecule has 0 fully saturated rings. The van der Waals surface area contributed by atoms with Gasteiger partial charge in [0.25, 0.3) is 15.9 Å². The second-order valence-corrected chi connectivity index (χ2v) is 8.77. The topological polar surface area (TPSA) is 78.8 Å². The Morgan fingerprint density at radius 3 is 2.13 bits per heavy atom. The number of benzene rings is 3. The largest absolute Gasteiger partial charge is 0.271 e. The number of para-hydroxylation sites is 1. The van der Waals surface area contributed by atoms with Crippen LogP contribution in [0.5, 0.6) is 0 Å². The standard InChI is InChI=1S/C24H25N3O3S/c1-3-20-12-10-11-17-23(20)27(31(29,30)22-15-8-5-9-16-22)18-24(28)26-25-19(2)21-13-6-4-7-14-21/h4-17H,3,18H2,1-2H3,(H,26,28)/b25-19-. The normalized spacial score (nSPS) is 11.7. The number of carbonyl (C=O) groups is 1. The van der Waals surface area contributed by atoms with E-state index in [1.54, 1.807) is 37.3 Å². The lowest BCUT2D eigenvalue weighted by atomic mass is 10.1. The molecule has 31 heavy (non-hydrogen) atoms. The van der Waals surface area contributed by atoms with Crippen molar-refractivity contribution in [1.29, 1.82) is 0 Å². The average Bonchev–Trinajstić information content (AvgIpc) is 2.82. The smallest absolute Gasteiger partial charge is 0.264 e. The Balaban J connectivity index is 1.91. The molecule has 1 N–H and O–H groups in total. The second-order valence-electron chi connectivity index (χ2n) is 6.91. The Hall–Kier alpha value is -3.45. The predicted molar refractivity (Wildman–Crippen MR) is 124 cm³/mol. The van der Waals surface area contributed by atoms with Crippen LogP contribution in [0.4, 0.5) is 5.69 Å². The highest BCUT2D eigenvalue weighted by molar-refractivity contribution is 7.92. The lowest BCUT2D eigenvalue weighted by Gasteiger charge is -2.25. The van der Waals surface area contributed by atoms with E-state index in [-0.39, 0.29) is 11.4 Å². The first-order valence-electron chi connectivity index (χ1n) is 9.97. The summed E-state index contributed by atoms with van der Waals surface area (Å²) in [4.78, 5) is 12.8. The molecule has 0 radical (unpaired) electrons. The van der Waals surface area contributed by atoms with E-state index in [1.807, 2.05) is 49.4 Å². The SMILES string of the molecule is CCc1ccccc1N(CC(=O)N/N=C(/C)c1ccccc1)S(=O)(=O)c1ccccc1. The first-order valence-corrected chi connectivity index (χ1v) is 11.4. The number of rotatable bonds is 8. The molecule has 0 unspecified atom stereocenters. The number of sulfonamides is 1. The van der Waals surface area contributed by atoms with Crippen LogP contribution in [0.15, 0.2) is 94.9 Å². The lowest BCUT2D eigenvalue weighted by molar-refractivity contribution is -0.119. The van der Waals surface area contributed by atoms with Crippen molar-refractivity contribution in [2.24, 2.45) is 5.10 Å². The fourth-order valence-corrected chi connectivity index (χ4v) is 4.61. The summed E-state index contributed by atoms with van der Waals surface area (Å²) in [6.07, 6.45) is 0.629. The highest BCUT2D eigenvalue weighted by Gasteiger charge is 2.28. The molecule has 3 rings (SSSR count). The summed E-state index contributed by atoms with van der Waals surface area (Å²) in [6.45, 7) is 3.33. The molecule has 0 atom stereocenters. The third-order valence-corrected chi connectivity index (χ3v) is 6.57. The third kappa shape index (κ3) is 5.38. The number of nitrogens with one attached hydrogen (secondary N) is 1. The molecule has 0 aliphatic heterocycles. The van der Waals surface area contributed by atoms with Gasteiger partial charge in [-0.1, -0.05) is 73.7 Å². The Bertz CT molecular complexity index is 1160. The molecule has 0 saturated heterocycles. The Morgan fingerprint density at radius 2 is 1.48 bits per heavy atom. The van der Waals surface area contributed by atoms with Crippen molar-refractivity contribution in [2.75, 3.05) is 10.8 Å². The Labute approximate surface area is 183 Å². The minimum atomic E-state index is -3.95. The molecule has 0 aliphatic rings. The summed E-state index contributed by atoms with van der Waals surface area (Å²) in [5.74, 6) is -0.527. The maximum Gasteiger partial charge on any atom is 0.264 e. The van der Waals surface area contributed by atoms with Crippen LogP contribution in [0, 0.1) is 0 Å². The highest BCUT2D eigenvalue weighted by Crippen LogP contribution is 2.27. The first kappa shape index (κ1) is 22.2. The van der Waals surface area contributed by atoms with Gasteiger partial charge in [-0.15, -0.1) is 0 Å². The molecule has 3 aromatic carbocycles. The first-order chi connectivity index (χ1) is 14.9. The van der Waals surface area contributed by atoms with Gasteiger partial charge in [-0.2, -0.15) is 5.10 Å². The molecule has 0 saturated carbocycles. The molecule has 160 valence electrons. The van der Waals surface area contributed by atoms with Crippen LogP contribution < -0.4 is 9.73 Å². The minimum absolute atomic E-state index is 0.123. The lowest BCUT2D eigenvalue weighted by Crippen LogP contribution is -2.40. The van der Waals surface area contributed by atoms with E-state index < -0.39 is 15.9 Å². The average molecular weight is 436 g/mol. The van der Waals surface area contributed by atoms with Crippen LogP contribution in [-0.4, -0.2) is 26.6 Å². The highest BCUT2D eigenvalue weighted by atomic mass is 32.2. The fourth-order valence-electron chi connectivity index (χ4n) is 3.13. The summed E-state index contributed by atoms with van der Waals surface area (Å²) >= 11 is 0. The zero-order chi connectivity index (χ0) is 22.3. The molecular weight excluding hydrogens is 410 g/mol. The van der Waals surface area contributed by atoms with Crippen LogP contribution in [0.3, 0.4) is 0 Å². The van der Waals surface area contributed by atoms with E-state index in [9.17, 15) is 13.2 Å². The van der Waals surface area contributed by atoms with E-state index in [0.717, 1.165) is 15.4 Å². The molecule has 7 heteroatoms. The number of amides is 1. The van der Waals surface area contributed by atoms with E-state index in [0.29, 0.717) is 17.8 Å². The van der Waals surface area contributed by atoms with Gasteiger partial charge >= 0.3 is 0 Å². The van der Waals surface area contributed by atoms with Crippen molar-refractivity contribution in [3.63, 3.8) is 0 Å². The zero-order valence-corrected chi connectivity index (χ0v) is 18.3. The van der Waals surface area contributed by atoms with Gasteiger partial charge in [0.05, 0.1) is 16.3 Å². The number of hydrogen-bond donors (Lipinski definition) is 1. The van der Waals surface area contributed by atoms with Crippen molar-refractivity contribution in [1.82, 2.24) is 5.43 Å². The van der Waals surface area contributed by atoms with Gasteiger partial charge in [-0.05, 0) is 42.7 Å². The van der Waals surface area contributed by atoms with E-state index >= 15 is 0 Å². The van der Waals surface area contributed by atoms with Crippen LogP contribution in [-0.2, 0) is 21.2 Å². The molecule has 0 bridgehead atoms. The van der Waals surface area contributed by atoms with E-state index in [2.05, 4.69) is 10.5 Å². The predicted octanol–water partition coefficient (Wildman–Crippen LogP) is 3.98. The number of nitrogens with zero attached hydrogens (tertiary/aromatic N) is 2. The van der Waals surface area contributed by atoms with Crippen molar-refractivity contribution in [3.8, 4) is 0 Å². The summed E-state index contributed by atoms with van der Waals surface area (Å²) < 4.78 is 28.0. The van der Waals surface area contributed by atoms with Crippen molar-refractivity contribution in [3.05, 3.63) is 96.1 Å². The summed E-state index contributed by atoms with van der Waals surface area (Å²) in [6, 6.07) is 24.7. The minimum Gasteiger partial charge on any atom is -0.271 e. The Morgan fingerprint density at radius 1 is 0.903 bits per heavy atom. The number of aryl methyl sites for hydroxylation is 1. The van der Waals surface area contributed by atoms with Crippen LogP contribution in [0.1, 0.15) is 25.0 Å². The number of hydrogen-bond acceptors (Lipinski definition) is 4. The molecular formula is C24H25N3O3S. The fraction of sp³-hybridized carbons (Fsp3) is 0.167. The van der Waals surface area contributed by atoms with Gasteiger partial charge in [0.2, 0.25) is 0 Å². The van der Waals surface area contributed by atoms with E-state index in [4.69, 9.17) is 0 Å². The molecule has 0 aromatic heterocycles. The van der Waals surface area contributed by atoms with Crippen molar-refractivity contribution in [2.45, 2.75) is 25.2 Å². The molecule has 0 aliphatic carbocycles. The Kier molecular flexibility index (Phi) is 7.20. The van der Waals surface area contributed by atoms with Gasteiger partial charge in [-0.3, -0.25) is 9.10 Å². The monoisotopic (exact) mass is 435 g/mol. The van der Waals surface area contributed by atoms with E-state index in [1.165, 1.54) is 12.1 Å². The maximum atomic E-state index is 13.4. The quantitative estimate of drug-likeness (QED) is 0.429. The third-order valence-electron chi connectivity index (χ3n) is 4.80. The van der Waals surface area contributed by atoms with Crippen LogP contribution >= 0.6 is 0 Å². The number of hydrazone groups is 1. The van der Waals surface area contributed by atoms with Gasteiger partial charge in [-0.25, -0.2) is 13.8 Å². The number of carbonyl (C=O) groups excluding carboxylic acids is 1. The van der Waals surface area contributed by atoms with Gasteiger partial charge in [0.1, 0.15) is 6.54 Å². The summed E-state index contributed by atoms with van der Waals surface area (Å²) in [5, 5.41) is 4.13. The molecule has 6 nitrogen and oxygen atoms in total. The van der Waals surface area contributed by atoms with Crippen molar-refractivity contribution >= 4 is 27.3 Å². The van der Waals surface area contributed by atoms with Gasteiger partial charge < -0.3 is 0 Å². The van der Waals surface area contributed by atoms with Gasteiger partial charge in [0.15, 0.2) is 0 Å². The second kappa shape index (κ2) is 10.0. The number of anilines is 1. The maximum absolute atomic E-state index is 13.4. The molecule has 3 aromatic rings. The summed E-state index contributed by atoms with van der Waals surface area (Å²) in [7, 11) is -3.95. The van der Waals surface area contributed by atoms with Gasteiger partial charge in [0, 0.05) is 0 Å². The summed E-state index contributed by atoms with van der Waals surface area (Å²) in [5.41, 5.74) is 5.29. The molecule has 0 heterocycles. The van der Waals surface area contributed by atoms with Crippen LogP contribution in [0.25, 0.3) is 0 Å². The molecule has 0 spiro atoms. The van der Waals surface area contributed by atoms with Crippen molar-refractivity contribution < 1.29 is 13.2 Å². The molecule has 1 amide bonds.